The minimum absolute atomic E-state index is 0.109. The monoisotopic (exact) mass is 353 g/mol. The smallest absolute Gasteiger partial charge is 0.255 e. The van der Waals surface area contributed by atoms with Crippen LogP contribution in [0.3, 0.4) is 0 Å². The lowest BCUT2D eigenvalue weighted by Crippen LogP contribution is -2.13. The Labute approximate surface area is 130 Å². The molecule has 0 radical (unpaired) electrons. The van der Waals surface area contributed by atoms with Gasteiger partial charge in [-0.15, -0.1) is 0 Å². The number of amides is 1. The average molecular weight is 354 g/mol. The van der Waals surface area contributed by atoms with E-state index < -0.39 is 11.7 Å². The van der Waals surface area contributed by atoms with Gasteiger partial charge >= 0.3 is 0 Å². The molecule has 6 heteroatoms. The fraction of sp³-hybridized carbons (Fsp3) is 0.133. The van der Waals surface area contributed by atoms with Crippen molar-refractivity contribution in [2.75, 3.05) is 19.5 Å². The molecule has 4 nitrogen and oxygen atoms in total. The van der Waals surface area contributed by atoms with Gasteiger partial charge in [-0.05, 0) is 36.4 Å². The first-order chi connectivity index (χ1) is 10.0. The van der Waals surface area contributed by atoms with Crippen molar-refractivity contribution in [1.82, 2.24) is 0 Å². The highest BCUT2D eigenvalue weighted by Crippen LogP contribution is 2.28. The molecule has 0 saturated heterocycles. The summed E-state index contributed by atoms with van der Waals surface area (Å²) in [5, 5.41) is 2.51. The van der Waals surface area contributed by atoms with Gasteiger partial charge in [-0.3, -0.25) is 4.79 Å². The first-order valence-corrected chi connectivity index (χ1v) is 6.83. The van der Waals surface area contributed by atoms with E-state index in [1.807, 2.05) is 0 Å². The maximum Gasteiger partial charge on any atom is 0.255 e. The summed E-state index contributed by atoms with van der Waals surface area (Å²) in [4.78, 5) is 12.1. The molecule has 0 atom stereocenters. The SMILES string of the molecule is COc1ccc(C(=O)Nc2ccc(Br)cc2F)cc1OC. The van der Waals surface area contributed by atoms with E-state index in [-0.39, 0.29) is 5.69 Å². The van der Waals surface area contributed by atoms with Crippen LogP contribution in [0.15, 0.2) is 40.9 Å². The number of methoxy groups -OCH3 is 2. The molecule has 0 aliphatic heterocycles. The van der Waals surface area contributed by atoms with Gasteiger partial charge in [0.2, 0.25) is 0 Å². The Morgan fingerprint density at radius 3 is 2.43 bits per heavy atom. The standard InChI is InChI=1S/C15H13BrFNO3/c1-20-13-6-3-9(7-14(13)21-2)15(19)18-12-5-4-10(16)8-11(12)17/h3-8H,1-2H3,(H,18,19). The maximum absolute atomic E-state index is 13.7. The summed E-state index contributed by atoms with van der Waals surface area (Å²) in [5.41, 5.74) is 0.452. The number of hydrogen-bond donors (Lipinski definition) is 1. The topological polar surface area (TPSA) is 47.6 Å². The van der Waals surface area contributed by atoms with Gasteiger partial charge in [0, 0.05) is 10.0 Å². The number of anilines is 1. The highest BCUT2D eigenvalue weighted by Gasteiger charge is 2.12. The summed E-state index contributed by atoms with van der Waals surface area (Å²) in [6, 6.07) is 9.14. The molecule has 1 amide bonds. The number of halogens is 2. The summed E-state index contributed by atoms with van der Waals surface area (Å²) in [5.74, 6) is 0.000627. The highest BCUT2D eigenvalue weighted by molar-refractivity contribution is 9.10. The maximum atomic E-state index is 13.7. The molecule has 21 heavy (non-hydrogen) atoms. The van der Waals surface area contributed by atoms with Crippen LogP contribution in [-0.4, -0.2) is 20.1 Å². The van der Waals surface area contributed by atoms with Crippen molar-refractivity contribution in [1.29, 1.82) is 0 Å². The molecule has 0 aliphatic carbocycles. The van der Waals surface area contributed by atoms with Gasteiger partial charge in [0.25, 0.3) is 5.91 Å². The third kappa shape index (κ3) is 3.52. The molecule has 0 aromatic heterocycles. The van der Waals surface area contributed by atoms with E-state index in [1.54, 1.807) is 18.2 Å². The molecule has 0 saturated carbocycles. The van der Waals surface area contributed by atoms with Crippen LogP contribution >= 0.6 is 15.9 Å². The van der Waals surface area contributed by atoms with Crippen molar-refractivity contribution in [2.45, 2.75) is 0 Å². The number of nitrogens with one attached hydrogen (secondary N) is 1. The van der Waals surface area contributed by atoms with E-state index in [2.05, 4.69) is 21.2 Å². The van der Waals surface area contributed by atoms with Gasteiger partial charge < -0.3 is 14.8 Å². The van der Waals surface area contributed by atoms with Crippen molar-refractivity contribution in [3.63, 3.8) is 0 Å². The van der Waals surface area contributed by atoms with E-state index >= 15 is 0 Å². The Morgan fingerprint density at radius 1 is 1.10 bits per heavy atom. The van der Waals surface area contributed by atoms with Gasteiger partial charge in [-0.2, -0.15) is 0 Å². The van der Waals surface area contributed by atoms with Crippen LogP contribution in [0.5, 0.6) is 11.5 Å². The summed E-state index contributed by atoms with van der Waals surface area (Å²) in [6.07, 6.45) is 0. The molecule has 0 fully saturated rings. The number of carbonyl (C=O) groups excluding carboxylic acids is 1. The predicted molar refractivity (Wildman–Crippen MR) is 81.6 cm³/mol. The lowest BCUT2D eigenvalue weighted by atomic mass is 10.2. The van der Waals surface area contributed by atoms with E-state index in [0.717, 1.165) is 0 Å². The Morgan fingerprint density at radius 2 is 1.81 bits per heavy atom. The Balaban J connectivity index is 2.24. The van der Waals surface area contributed by atoms with Crippen LogP contribution in [-0.2, 0) is 0 Å². The lowest BCUT2D eigenvalue weighted by Gasteiger charge is -2.10. The fourth-order valence-electron chi connectivity index (χ4n) is 1.76. The molecule has 2 aromatic rings. The predicted octanol–water partition coefficient (Wildman–Crippen LogP) is 3.86. The third-order valence-electron chi connectivity index (χ3n) is 2.83. The zero-order chi connectivity index (χ0) is 15.4. The zero-order valence-electron chi connectivity index (χ0n) is 11.4. The lowest BCUT2D eigenvalue weighted by molar-refractivity contribution is 0.102. The second-order valence-corrected chi connectivity index (χ2v) is 5.06. The molecule has 0 spiro atoms. The van der Waals surface area contributed by atoms with Gasteiger partial charge in [-0.25, -0.2) is 4.39 Å². The summed E-state index contributed by atoms with van der Waals surface area (Å²) in [6.45, 7) is 0. The third-order valence-corrected chi connectivity index (χ3v) is 3.32. The number of carbonyl (C=O) groups is 1. The molecular weight excluding hydrogens is 341 g/mol. The van der Waals surface area contributed by atoms with Crippen molar-refractivity contribution in [3.05, 3.63) is 52.3 Å². The summed E-state index contributed by atoms with van der Waals surface area (Å²) >= 11 is 3.16. The molecule has 110 valence electrons. The molecular formula is C15H13BrFNO3. The minimum atomic E-state index is -0.516. The summed E-state index contributed by atoms with van der Waals surface area (Å²) in [7, 11) is 2.99. The number of hydrogen-bond acceptors (Lipinski definition) is 3. The van der Waals surface area contributed by atoms with Crippen LogP contribution in [0.1, 0.15) is 10.4 Å². The number of rotatable bonds is 4. The molecule has 0 unspecified atom stereocenters. The largest absolute Gasteiger partial charge is 0.493 e. The van der Waals surface area contributed by atoms with Crippen molar-refractivity contribution in [3.8, 4) is 11.5 Å². The molecule has 0 aliphatic rings. The molecule has 1 N–H and O–H groups in total. The molecule has 2 aromatic carbocycles. The van der Waals surface area contributed by atoms with Crippen LogP contribution in [0, 0.1) is 5.82 Å². The average Bonchev–Trinajstić information content (AvgIpc) is 2.49. The van der Waals surface area contributed by atoms with Gasteiger partial charge in [-0.1, -0.05) is 15.9 Å². The van der Waals surface area contributed by atoms with Crippen LogP contribution in [0.2, 0.25) is 0 Å². The Bertz CT molecular complexity index is 676. The van der Waals surface area contributed by atoms with Gasteiger partial charge in [0.1, 0.15) is 5.82 Å². The second kappa shape index (κ2) is 6.58. The number of ether oxygens (including phenoxy) is 2. The first-order valence-electron chi connectivity index (χ1n) is 6.03. The van der Waals surface area contributed by atoms with Gasteiger partial charge in [0.05, 0.1) is 19.9 Å². The Hall–Kier alpha value is -2.08. The molecule has 0 heterocycles. The minimum Gasteiger partial charge on any atom is -0.493 e. The van der Waals surface area contributed by atoms with E-state index in [9.17, 15) is 9.18 Å². The zero-order valence-corrected chi connectivity index (χ0v) is 13.0. The van der Waals surface area contributed by atoms with Crippen molar-refractivity contribution < 1.29 is 18.7 Å². The number of benzene rings is 2. The van der Waals surface area contributed by atoms with E-state index in [1.165, 1.54) is 32.4 Å². The molecule has 0 bridgehead atoms. The summed E-state index contributed by atoms with van der Waals surface area (Å²) < 4.78 is 24.5. The van der Waals surface area contributed by atoms with Crippen molar-refractivity contribution in [2.24, 2.45) is 0 Å². The van der Waals surface area contributed by atoms with Crippen molar-refractivity contribution >= 4 is 27.5 Å². The Kier molecular flexibility index (Phi) is 4.80. The van der Waals surface area contributed by atoms with Gasteiger partial charge in [0.15, 0.2) is 11.5 Å². The van der Waals surface area contributed by atoms with E-state index in [0.29, 0.717) is 21.5 Å². The molecule has 2 rings (SSSR count). The van der Waals surface area contributed by atoms with Crippen LogP contribution in [0.4, 0.5) is 10.1 Å². The van der Waals surface area contributed by atoms with Crippen LogP contribution < -0.4 is 14.8 Å². The van der Waals surface area contributed by atoms with E-state index in [4.69, 9.17) is 9.47 Å². The van der Waals surface area contributed by atoms with Crippen LogP contribution in [0.25, 0.3) is 0 Å². The second-order valence-electron chi connectivity index (χ2n) is 4.15. The quantitative estimate of drug-likeness (QED) is 0.907. The first kappa shape index (κ1) is 15.3. The fourth-order valence-corrected chi connectivity index (χ4v) is 2.10. The normalized spacial score (nSPS) is 10.1. The highest BCUT2D eigenvalue weighted by atomic mass is 79.9.